The van der Waals surface area contributed by atoms with Crippen molar-refractivity contribution in [1.82, 2.24) is 16.0 Å². The minimum absolute atomic E-state index is 0.125. The fraction of sp³-hybridized carbons (Fsp3) is 0.667. The van der Waals surface area contributed by atoms with E-state index in [1.165, 1.54) is 11.3 Å². The monoisotopic (exact) mass is 500 g/mol. The molecule has 0 saturated carbocycles. The molecule has 0 aliphatic rings. The fourth-order valence-electron chi connectivity index (χ4n) is 3.37. The molecule has 10 heteroatoms. The van der Waals surface area contributed by atoms with Gasteiger partial charge in [-0.15, -0.1) is 11.6 Å². The van der Waals surface area contributed by atoms with Gasteiger partial charge in [0.15, 0.2) is 0 Å². The van der Waals surface area contributed by atoms with Crippen LogP contribution in [0.15, 0.2) is 24.3 Å². The van der Waals surface area contributed by atoms with Gasteiger partial charge in [-0.2, -0.15) is 0 Å². The molecular weight excluding hydrogens is 458 g/mol. The number of benzene rings is 1. The maximum atomic E-state index is 11.8. The Bertz CT molecular complexity index is 703. The van der Waals surface area contributed by atoms with Crippen LogP contribution in [0, 0.1) is 0 Å². The SMILES string of the molecule is CN(CCCl)c1ccc(CNCCC[N+](C)(C)CCCNC(=O)COCC(=O)NCCO)cc1. The lowest BCUT2D eigenvalue weighted by molar-refractivity contribution is -0.890. The number of halogens is 1. The molecule has 0 aliphatic carbocycles. The van der Waals surface area contributed by atoms with Gasteiger partial charge >= 0.3 is 0 Å². The standard InChI is InChI=1S/C24H42ClN5O4/c1-29(14-10-25)22-8-6-21(7-9-22)18-26-11-4-15-30(2,3)16-5-12-27-23(32)19-34-20-24(33)28-13-17-31/h6-9,26,31H,4-5,10-20H2,1-3H3,(H-,27,28,32,33)/p+1. The molecule has 9 nitrogen and oxygen atoms in total. The van der Waals surface area contributed by atoms with E-state index >= 15 is 0 Å². The summed E-state index contributed by atoms with van der Waals surface area (Å²) < 4.78 is 5.95. The van der Waals surface area contributed by atoms with Crippen molar-refractivity contribution in [2.24, 2.45) is 0 Å². The molecule has 0 heterocycles. The summed E-state index contributed by atoms with van der Waals surface area (Å²) >= 11 is 5.80. The van der Waals surface area contributed by atoms with Gasteiger partial charge in [0.25, 0.3) is 0 Å². The molecule has 4 N–H and O–H groups in total. The number of hydrogen-bond donors (Lipinski definition) is 4. The van der Waals surface area contributed by atoms with Crippen LogP contribution < -0.4 is 20.9 Å². The van der Waals surface area contributed by atoms with E-state index in [1.54, 1.807) is 0 Å². The predicted molar refractivity (Wildman–Crippen MR) is 137 cm³/mol. The van der Waals surface area contributed by atoms with Crippen LogP contribution in [-0.2, 0) is 20.9 Å². The van der Waals surface area contributed by atoms with E-state index < -0.39 is 0 Å². The zero-order valence-corrected chi connectivity index (χ0v) is 21.7. The highest BCUT2D eigenvalue weighted by Gasteiger charge is 2.14. The first-order valence-corrected chi connectivity index (χ1v) is 12.4. The molecule has 0 bridgehead atoms. The highest BCUT2D eigenvalue weighted by atomic mass is 35.5. The summed E-state index contributed by atoms with van der Waals surface area (Å²) in [5.41, 5.74) is 2.44. The number of aliphatic hydroxyl groups excluding tert-OH is 1. The Kier molecular flexibility index (Phi) is 15.5. The Morgan fingerprint density at radius 2 is 1.59 bits per heavy atom. The van der Waals surface area contributed by atoms with Gasteiger partial charge in [0, 0.05) is 64.2 Å². The maximum Gasteiger partial charge on any atom is 0.246 e. The van der Waals surface area contributed by atoms with Crippen molar-refractivity contribution in [3.05, 3.63) is 29.8 Å². The van der Waals surface area contributed by atoms with E-state index in [0.717, 1.165) is 50.0 Å². The average Bonchev–Trinajstić information content (AvgIpc) is 2.81. The average molecular weight is 501 g/mol. The van der Waals surface area contributed by atoms with E-state index in [9.17, 15) is 9.59 Å². The van der Waals surface area contributed by atoms with Crippen LogP contribution in [-0.4, -0.2) is 108 Å². The van der Waals surface area contributed by atoms with Crippen LogP contribution in [0.1, 0.15) is 18.4 Å². The van der Waals surface area contributed by atoms with E-state index in [1.807, 2.05) is 7.05 Å². The third-order valence-electron chi connectivity index (χ3n) is 5.41. The summed E-state index contributed by atoms with van der Waals surface area (Å²) in [4.78, 5) is 25.2. The highest BCUT2D eigenvalue weighted by Crippen LogP contribution is 2.13. The van der Waals surface area contributed by atoms with Crippen molar-refractivity contribution in [1.29, 1.82) is 0 Å². The second-order valence-electron chi connectivity index (χ2n) is 8.96. The van der Waals surface area contributed by atoms with Crippen LogP contribution in [0.2, 0.25) is 0 Å². The minimum atomic E-state index is -0.348. The molecule has 0 atom stereocenters. The van der Waals surface area contributed by atoms with Crippen molar-refractivity contribution >= 4 is 29.1 Å². The summed E-state index contributed by atoms with van der Waals surface area (Å²) in [6.45, 7) is 4.94. The van der Waals surface area contributed by atoms with Gasteiger partial charge < -0.3 is 35.2 Å². The second kappa shape index (κ2) is 17.5. The second-order valence-corrected chi connectivity index (χ2v) is 9.34. The number of ether oxygens (including phenoxy) is 1. The Morgan fingerprint density at radius 1 is 1.00 bits per heavy atom. The van der Waals surface area contributed by atoms with Gasteiger partial charge in [-0.1, -0.05) is 12.1 Å². The van der Waals surface area contributed by atoms with E-state index in [-0.39, 0.29) is 38.2 Å². The molecule has 0 radical (unpaired) electrons. The Morgan fingerprint density at radius 3 is 2.18 bits per heavy atom. The van der Waals surface area contributed by atoms with Gasteiger partial charge in [-0.25, -0.2) is 0 Å². The van der Waals surface area contributed by atoms with E-state index in [0.29, 0.717) is 12.4 Å². The Labute approximate surface area is 209 Å². The third kappa shape index (κ3) is 14.4. The molecule has 0 saturated heterocycles. The third-order valence-corrected chi connectivity index (χ3v) is 5.57. The van der Waals surface area contributed by atoms with Crippen molar-refractivity contribution in [3.63, 3.8) is 0 Å². The van der Waals surface area contributed by atoms with Crippen LogP contribution >= 0.6 is 11.6 Å². The van der Waals surface area contributed by atoms with Crippen molar-refractivity contribution in [2.75, 3.05) is 91.0 Å². The van der Waals surface area contributed by atoms with Crippen LogP contribution in [0.25, 0.3) is 0 Å². The number of nitrogens with zero attached hydrogens (tertiary/aromatic N) is 2. The molecule has 194 valence electrons. The lowest BCUT2D eigenvalue weighted by Crippen LogP contribution is -2.43. The predicted octanol–water partition coefficient (Wildman–Crippen LogP) is 0.549. The number of carbonyl (C=O) groups is 2. The number of carbonyl (C=O) groups excluding carboxylic acids is 2. The molecule has 1 aromatic carbocycles. The number of nitrogens with one attached hydrogen (secondary N) is 3. The molecule has 1 aromatic rings. The van der Waals surface area contributed by atoms with Gasteiger partial charge in [-0.05, 0) is 17.7 Å². The number of quaternary nitrogens is 1. The molecular formula is C24H43ClN5O4+. The van der Waals surface area contributed by atoms with Gasteiger partial charge in [0.05, 0.1) is 33.8 Å². The van der Waals surface area contributed by atoms with Crippen LogP contribution in [0.3, 0.4) is 0 Å². The summed E-state index contributed by atoms with van der Waals surface area (Å²) in [6, 6.07) is 8.56. The number of aliphatic hydroxyl groups is 1. The topological polar surface area (TPSA) is 103 Å². The zero-order valence-electron chi connectivity index (χ0n) is 20.9. The summed E-state index contributed by atoms with van der Waals surface area (Å²) in [5, 5.41) is 17.4. The summed E-state index contributed by atoms with van der Waals surface area (Å²) in [5.74, 6) is 0.0368. The Hall–Kier alpha value is -1.91. The highest BCUT2D eigenvalue weighted by molar-refractivity contribution is 6.18. The molecule has 0 aliphatic heterocycles. The zero-order chi connectivity index (χ0) is 25.2. The molecule has 1 rings (SSSR count). The minimum Gasteiger partial charge on any atom is -0.395 e. The normalized spacial score (nSPS) is 11.3. The first kappa shape index (κ1) is 30.1. The Balaban J connectivity index is 2.09. The first-order valence-electron chi connectivity index (χ1n) is 11.9. The number of amides is 2. The van der Waals surface area contributed by atoms with Crippen LogP contribution in [0.5, 0.6) is 0 Å². The first-order chi connectivity index (χ1) is 16.3. The lowest BCUT2D eigenvalue weighted by atomic mass is 10.2. The van der Waals surface area contributed by atoms with Crippen molar-refractivity contribution in [3.8, 4) is 0 Å². The fourth-order valence-corrected chi connectivity index (χ4v) is 3.62. The van der Waals surface area contributed by atoms with Gasteiger partial charge in [-0.3, -0.25) is 9.59 Å². The summed E-state index contributed by atoms with van der Waals surface area (Å²) in [6.07, 6.45) is 1.94. The quantitative estimate of drug-likeness (QED) is 0.126. The summed E-state index contributed by atoms with van der Waals surface area (Å²) in [7, 11) is 6.45. The molecule has 34 heavy (non-hydrogen) atoms. The molecule has 0 aromatic heterocycles. The number of hydrogen-bond acceptors (Lipinski definition) is 6. The molecule has 0 spiro atoms. The van der Waals surface area contributed by atoms with E-state index in [2.05, 4.69) is 59.2 Å². The number of anilines is 1. The lowest BCUT2D eigenvalue weighted by Gasteiger charge is -2.30. The molecule has 0 fully saturated rings. The smallest absolute Gasteiger partial charge is 0.246 e. The molecule has 0 unspecified atom stereocenters. The van der Waals surface area contributed by atoms with Crippen LogP contribution in [0.4, 0.5) is 5.69 Å². The van der Waals surface area contributed by atoms with Crippen molar-refractivity contribution in [2.45, 2.75) is 19.4 Å². The molecule has 2 amide bonds. The van der Waals surface area contributed by atoms with Gasteiger partial charge in [0.2, 0.25) is 11.8 Å². The van der Waals surface area contributed by atoms with Crippen molar-refractivity contribution < 1.29 is 23.9 Å². The maximum absolute atomic E-state index is 11.8. The number of rotatable bonds is 19. The largest absolute Gasteiger partial charge is 0.395 e. The number of alkyl halides is 1. The van der Waals surface area contributed by atoms with Gasteiger partial charge in [0.1, 0.15) is 13.2 Å². The van der Waals surface area contributed by atoms with E-state index in [4.69, 9.17) is 21.4 Å².